The summed E-state index contributed by atoms with van der Waals surface area (Å²) >= 11 is 7.38. The summed E-state index contributed by atoms with van der Waals surface area (Å²) in [4.78, 5) is 22.4. The van der Waals surface area contributed by atoms with Crippen LogP contribution < -0.4 is 10.6 Å². The SMILES string of the molecule is CCNc1cc(C#Cc2ccc(Cl)s2)nc2c1ncn2[C@@H]1C[C@](C)(C(=O)NC)C(O)C1O. The molecule has 2 unspecified atom stereocenters. The lowest BCUT2D eigenvalue weighted by Gasteiger charge is -2.26. The van der Waals surface area contributed by atoms with E-state index >= 15 is 0 Å². The average molecular weight is 474 g/mol. The molecular weight excluding hydrogens is 450 g/mol. The van der Waals surface area contributed by atoms with Crippen LogP contribution in [0.4, 0.5) is 5.69 Å². The van der Waals surface area contributed by atoms with Gasteiger partial charge in [-0.05, 0) is 50.3 Å². The molecule has 168 valence electrons. The Morgan fingerprint density at radius 3 is 2.84 bits per heavy atom. The standard InChI is InChI=1S/C22H24ClN5O3S/c1-4-25-14-9-12(5-6-13-7-8-16(23)32-13)27-20-17(14)26-11-28(20)15-10-22(2,21(31)24-3)19(30)18(15)29/h7-9,11,15,18-19,29-30H,4,10H2,1-3H3,(H,24,31)(H,25,27)/t15-,18?,19?,22+/m1/s1. The number of aliphatic hydroxyl groups excluding tert-OH is 2. The number of thiophene rings is 1. The molecule has 10 heteroatoms. The zero-order chi connectivity index (χ0) is 23.0. The molecule has 1 amide bonds. The molecule has 0 radical (unpaired) electrons. The van der Waals surface area contributed by atoms with Crippen molar-refractivity contribution in [1.82, 2.24) is 19.9 Å². The molecule has 3 heterocycles. The van der Waals surface area contributed by atoms with Crippen LogP contribution in [-0.4, -0.2) is 56.5 Å². The van der Waals surface area contributed by atoms with Crippen LogP contribution in [0.25, 0.3) is 11.2 Å². The molecule has 3 aromatic heterocycles. The predicted octanol–water partition coefficient (Wildman–Crippen LogP) is 2.40. The normalized spacial score (nSPS) is 24.9. The number of carbonyl (C=O) groups excluding carboxylic acids is 1. The molecule has 4 N–H and O–H groups in total. The highest BCUT2D eigenvalue weighted by molar-refractivity contribution is 7.16. The fraction of sp³-hybridized carbons (Fsp3) is 0.409. The fourth-order valence-corrected chi connectivity index (χ4v) is 5.08. The first-order valence-electron chi connectivity index (χ1n) is 10.3. The van der Waals surface area contributed by atoms with E-state index in [-0.39, 0.29) is 12.3 Å². The maximum Gasteiger partial charge on any atom is 0.228 e. The molecule has 0 spiro atoms. The minimum absolute atomic E-state index is 0.238. The number of nitrogens with one attached hydrogen (secondary N) is 2. The molecule has 0 saturated heterocycles. The highest BCUT2D eigenvalue weighted by atomic mass is 35.5. The second-order valence-electron chi connectivity index (χ2n) is 7.97. The Morgan fingerprint density at radius 1 is 1.41 bits per heavy atom. The average Bonchev–Trinajstić information content (AvgIpc) is 3.45. The van der Waals surface area contributed by atoms with Crippen LogP contribution in [0.5, 0.6) is 0 Å². The predicted molar refractivity (Wildman–Crippen MR) is 125 cm³/mol. The molecule has 1 aliphatic rings. The van der Waals surface area contributed by atoms with E-state index < -0.39 is 23.7 Å². The summed E-state index contributed by atoms with van der Waals surface area (Å²) in [6.07, 6.45) is -0.542. The van der Waals surface area contributed by atoms with Gasteiger partial charge in [-0.3, -0.25) is 4.79 Å². The molecule has 3 aromatic rings. The van der Waals surface area contributed by atoms with Gasteiger partial charge in [-0.2, -0.15) is 0 Å². The van der Waals surface area contributed by atoms with Crippen molar-refractivity contribution in [2.24, 2.45) is 5.41 Å². The van der Waals surface area contributed by atoms with E-state index in [0.717, 1.165) is 10.6 Å². The van der Waals surface area contributed by atoms with Crippen molar-refractivity contribution in [3.8, 4) is 11.8 Å². The summed E-state index contributed by atoms with van der Waals surface area (Å²) in [5.41, 5.74) is 1.32. The van der Waals surface area contributed by atoms with Gasteiger partial charge in [0.25, 0.3) is 0 Å². The van der Waals surface area contributed by atoms with E-state index in [0.29, 0.717) is 27.7 Å². The van der Waals surface area contributed by atoms with Gasteiger partial charge in [-0.1, -0.05) is 11.6 Å². The summed E-state index contributed by atoms with van der Waals surface area (Å²) in [6.45, 7) is 4.31. The number of pyridine rings is 1. The second-order valence-corrected chi connectivity index (χ2v) is 9.68. The van der Waals surface area contributed by atoms with Gasteiger partial charge in [-0.15, -0.1) is 11.3 Å². The lowest BCUT2D eigenvalue weighted by molar-refractivity contribution is -0.136. The number of hydrogen-bond acceptors (Lipinski definition) is 7. The molecule has 0 aliphatic heterocycles. The molecule has 0 aromatic carbocycles. The number of amides is 1. The van der Waals surface area contributed by atoms with Gasteiger partial charge in [0, 0.05) is 13.6 Å². The number of aromatic nitrogens is 3. The van der Waals surface area contributed by atoms with E-state index in [4.69, 9.17) is 11.6 Å². The Hall–Kier alpha value is -2.64. The summed E-state index contributed by atoms with van der Waals surface area (Å²) in [6, 6.07) is 4.91. The highest BCUT2D eigenvalue weighted by Crippen LogP contribution is 2.45. The maximum absolute atomic E-state index is 12.4. The number of aliphatic hydroxyl groups is 2. The highest BCUT2D eigenvalue weighted by Gasteiger charge is 2.54. The molecule has 4 rings (SSSR count). The van der Waals surface area contributed by atoms with E-state index in [1.54, 1.807) is 23.9 Å². The first-order valence-corrected chi connectivity index (χ1v) is 11.4. The van der Waals surface area contributed by atoms with Crippen molar-refractivity contribution in [2.45, 2.75) is 38.5 Å². The Kier molecular flexibility index (Phi) is 6.14. The molecule has 1 fully saturated rings. The van der Waals surface area contributed by atoms with Gasteiger partial charge < -0.3 is 25.4 Å². The van der Waals surface area contributed by atoms with Crippen molar-refractivity contribution < 1.29 is 15.0 Å². The van der Waals surface area contributed by atoms with Crippen molar-refractivity contribution in [3.05, 3.63) is 39.4 Å². The first kappa shape index (κ1) is 22.6. The quantitative estimate of drug-likeness (QED) is 0.433. The number of hydrogen-bond donors (Lipinski definition) is 4. The molecule has 8 nitrogen and oxygen atoms in total. The third-order valence-electron chi connectivity index (χ3n) is 5.89. The minimum Gasteiger partial charge on any atom is -0.389 e. The number of carbonyl (C=O) groups is 1. The van der Waals surface area contributed by atoms with Gasteiger partial charge in [0.05, 0.1) is 38.8 Å². The third kappa shape index (κ3) is 3.84. The topological polar surface area (TPSA) is 112 Å². The van der Waals surface area contributed by atoms with Crippen molar-refractivity contribution in [3.63, 3.8) is 0 Å². The van der Waals surface area contributed by atoms with E-state index in [2.05, 4.69) is 32.4 Å². The van der Waals surface area contributed by atoms with Crippen LogP contribution in [0.3, 0.4) is 0 Å². The van der Waals surface area contributed by atoms with Crippen molar-refractivity contribution >= 4 is 45.7 Å². The first-order chi connectivity index (χ1) is 15.3. The molecule has 32 heavy (non-hydrogen) atoms. The fourth-order valence-electron chi connectivity index (χ4n) is 4.18. The molecule has 4 atom stereocenters. The van der Waals surface area contributed by atoms with Crippen molar-refractivity contribution in [2.75, 3.05) is 18.9 Å². The minimum atomic E-state index is -1.22. The smallest absolute Gasteiger partial charge is 0.228 e. The molecule has 0 bridgehead atoms. The van der Waals surface area contributed by atoms with Crippen LogP contribution in [0.15, 0.2) is 24.5 Å². The van der Waals surface area contributed by atoms with Crippen LogP contribution in [0.1, 0.15) is 36.9 Å². The van der Waals surface area contributed by atoms with Crippen LogP contribution in [0.2, 0.25) is 4.34 Å². The van der Waals surface area contributed by atoms with E-state index in [1.807, 2.05) is 19.1 Å². The van der Waals surface area contributed by atoms with Gasteiger partial charge in [0.2, 0.25) is 5.91 Å². The van der Waals surface area contributed by atoms with Gasteiger partial charge in [-0.25, -0.2) is 9.97 Å². The van der Waals surface area contributed by atoms with E-state index in [1.165, 1.54) is 18.4 Å². The third-order valence-corrected chi connectivity index (χ3v) is 7.04. The Morgan fingerprint density at radius 2 is 2.19 bits per heavy atom. The Bertz CT molecular complexity index is 1230. The summed E-state index contributed by atoms with van der Waals surface area (Å²) in [5, 5.41) is 27.3. The second kappa shape index (κ2) is 8.71. The summed E-state index contributed by atoms with van der Waals surface area (Å²) in [7, 11) is 1.52. The zero-order valence-corrected chi connectivity index (χ0v) is 19.5. The molecular formula is C22H24ClN5O3S. The van der Waals surface area contributed by atoms with Crippen molar-refractivity contribution in [1.29, 1.82) is 0 Å². The monoisotopic (exact) mass is 473 g/mol. The van der Waals surface area contributed by atoms with Gasteiger partial charge >= 0.3 is 0 Å². The number of nitrogens with zero attached hydrogens (tertiary/aromatic N) is 3. The van der Waals surface area contributed by atoms with Crippen LogP contribution in [-0.2, 0) is 4.79 Å². The summed E-state index contributed by atoms with van der Waals surface area (Å²) in [5.74, 6) is 5.82. The van der Waals surface area contributed by atoms with Crippen LogP contribution >= 0.6 is 22.9 Å². The number of rotatable bonds is 4. The van der Waals surface area contributed by atoms with Gasteiger partial charge in [0.15, 0.2) is 5.65 Å². The molecule has 1 saturated carbocycles. The number of fused-ring (bicyclic) bond motifs is 1. The lowest BCUT2D eigenvalue weighted by Crippen LogP contribution is -2.45. The number of imidazole rings is 1. The number of anilines is 1. The number of halogens is 1. The summed E-state index contributed by atoms with van der Waals surface area (Å²) < 4.78 is 2.39. The van der Waals surface area contributed by atoms with Gasteiger partial charge in [0.1, 0.15) is 17.3 Å². The molecule has 1 aliphatic carbocycles. The van der Waals surface area contributed by atoms with Crippen LogP contribution in [0, 0.1) is 17.3 Å². The largest absolute Gasteiger partial charge is 0.389 e. The van der Waals surface area contributed by atoms with E-state index in [9.17, 15) is 15.0 Å². The Labute approximate surface area is 194 Å². The Balaban J connectivity index is 1.79. The maximum atomic E-state index is 12.4. The zero-order valence-electron chi connectivity index (χ0n) is 17.9. The lowest BCUT2D eigenvalue weighted by atomic mass is 9.85.